The van der Waals surface area contributed by atoms with Crippen LogP contribution in [0.5, 0.6) is 5.75 Å². The first-order valence-corrected chi connectivity index (χ1v) is 9.66. The number of carbonyl (C=O) groups excluding carboxylic acids is 2. The van der Waals surface area contributed by atoms with E-state index in [1.165, 1.54) is 17.9 Å². The number of amides is 1. The van der Waals surface area contributed by atoms with Gasteiger partial charge in [0.05, 0.1) is 31.4 Å². The van der Waals surface area contributed by atoms with Gasteiger partial charge in [0.25, 0.3) is 11.5 Å². The van der Waals surface area contributed by atoms with Gasteiger partial charge < -0.3 is 14.4 Å². The van der Waals surface area contributed by atoms with Crippen LogP contribution in [0, 0.1) is 12.8 Å². The van der Waals surface area contributed by atoms with E-state index in [9.17, 15) is 14.4 Å². The number of methoxy groups -OCH3 is 1. The lowest BCUT2D eigenvalue weighted by atomic mass is 9.98. The van der Waals surface area contributed by atoms with Gasteiger partial charge in [-0.25, -0.2) is 0 Å². The second-order valence-electron chi connectivity index (χ2n) is 6.94. The van der Waals surface area contributed by atoms with Gasteiger partial charge in [0.15, 0.2) is 11.4 Å². The Morgan fingerprint density at radius 3 is 2.72 bits per heavy atom. The van der Waals surface area contributed by atoms with Crippen molar-refractivity contribution in [3.8, 4) is 11.4 Å². The third kappa shape index (κ3) is 4.31. The lowest BCUT2D eigenvalue weighted by molar-refractivity contribution is -0.149. The third-order valence-electron chi connectivity index (χ3n) is 4.99. The van der Waals surface area contributed by atoms with Crippen molar-refractivity contribution in [1.82, 2.24) is 14.7 Å². The second kappa shape index (κ2) is 8.89. The quantitative estimate of drug-likeness (QED) is 0.714. The van der Waals surface area contributed by atoms with Crippen LogP contribution in [0.25, 0.3) is 5.69 Å². The molecule has 1 aromatic heterocycles. The number of rotatable bonds is 5. The summed E-state index contributed by atoms with van der Waals surface area (Å²) in [6, 6.07) is 8.56. The molecule has 1 aromatic carbocycles. The number of para-hydroxylation sites is 1. The first-order chi connectivity index (χ1) is 14.0. The van der Waals surface area contributed by atoms with Crippen LogP contribution in [0.3, 0.4) is 0 Å². The first kappa shape index (κ1) is 20.6. The normalized spacial score (nSPS) is 16.4. The molecular weight excluding hydrogens is 374 g/mol. The number of likely N-dealkylation sites (tertiary alicyclic amines) is 1. The highest BCUT2D eigenvalue weighted by atomic mass is 16.5. The zero-order chi connectivity index (χ0) is 21.0. The molecule has 8 heteroatoms. The van der Waals surface area contributed by atoms with Gasteiger partial charge in [-0.1, -0.05) is 18.2 Å². The minimum atomic E-state index is -0.393. The molecule has 29 heavy (non-hydrogen) atoms. The largest absolute Gasteiger partial charge is 0.494 e. The number of nitrogens with zero attached hydrogens (tertiary/aromatic N) is 3. The van der Waals surface area contributed by atoms with Crippen LogP contribution in [0.4, 0.5) is 0 Å². The van der Waals surface area contributed by atoms with Gasteiger partial charge in [0.1, 0.15) is 0 Å². The Labute approximate surface area is 169 Å². The van der Waals surface area contributed by atoms with Crippen LogP contribution in [-0.4, -0.2) is 53.4 Å². The molecule has 0 N–H and O–H groups in total. The highest BCUT2D eigenvalue weighted by Gasteiger charge is 2.32. The van der Waals surface area contributed by atoms with Crippen molar-refractivity contribution in [3.63, 3.8) is 0 Å². The lowest BCUT2D eigenvalue weighted by Crippen LogP contribution is -2.43. The van der Waals surface area contributed by atoms with Crippen LogP contribution in [0.1, 0.15) is 35.8 Å². The molecule has 1 saturated heterocycles. The predicted octanol–water partition coefficient (Wildman–Crippen LogP) is 1.96. The first-order valence-electron chi connectivity index (χ1n) is 9.66. The summed E-state index contributed by atoms with van der Waals surface area (Å²) in [5.41, 5.74) is 1.10. The van der Waals surface area contributed by atoms with Gasteiger partial charge in [0, 0.05) is 13.1 Å². The molecule has 1 aliphatic rings. The van der Waals surface area contributed by atoms with Crippen molar-refractivity contribution < 1.29 is 19.1 Å². The molecule has 2 aromatic rings. The summed E-state index contributed by atoms with van der Waals surface area (Å²) < 4.78 is 11.6. The number of hydrogen-bond donors (Lipinski definition) is 0. The number of carbonyl (C=O) groups is 2. The van der Waals surface area contributed by atoms with Crippen LogP contribution >= 0.6 is 0 Å². The predicted molar refractivity (Wildman–Crippen MR) is 106 cm³/mol. The number of esters is 1. The smallest absolute Gasteiger partial charge is 0.310 e. The van der Waals surface area contributed by atoms with Crippen LogP contribution < -0.4 is 10.3 Å². The highest BCUT2D eigenvalue weighted by molar-refractivity contribution is 5.95. The SMILES string of the molecule is CCOC(=O)[C@@H]1CCCN(C(=O)c2nn(-c3ccccc3C)c(=O)cc2OC)C1. The molecule has 3 rings (SSSR count). The lowest BCUT2D eigenvalue weighted by Gasteiger charge is -2.31. The van der Waals surface area contributed by atoms with E-state index < -0.39 is 5.56 Å². The van der Waals surface area contributed by atoms with E-state index >= 15 is 0 Å². The molecule has 1 amide bonds. The molecule has 0 spiro atoms. The maximum atomic E-state index is 13.2. The molecule has 1 atom stereocenters. The maximum absolute atomic E-state index is 13.2. The molecule has 154 valence electrons. The van der Waals surface area contributed by atoms with E-state index in [0.717, 1.165) is 5.56 Å². The summed E-state index contributed by atoms with van der Waals surface area (Å²) in [6.07, 6.45) is 1.37. The number of benzene rings is 1. The van der Waals surface area contributed by atoms with E-state index in [1.807, 2.05) is 19.1 Å². The Morgan fingerprint density at radius 2 is 2.03 bits per heavy atom. The highest BCUT2D eigenvalue weighted by Crippen LogP contribution is 2.23. The van der Waals surface area contributed by atoms with E-state index in [4.69, 9.17) is 9.47 Å². The van der Waals surface area contributed by atoms with Crippen molar-refractivity contribution in [1.29, 1.82) is 0 Å². The Hall–Kier alpha value is -3.16. The molecule has 0 aliphatic carbocycles. The standard InChI is InChI=1S/C21H25N3O5/c1-4-29-21(27)15-9-7-11-23(13-15)20(26)19-17(28-3)12-18(25)24(22-19)16-10-6-5-8-14(16)2/h5-6,8,10,12,15H,4,7,9,11,13H2,1-3H3/t15-/m1/s1. The van der Waals surface area contributed by atoms with Crippen molar-refractivity contribution in [3.05, 3.63) is 51.9 Å². The van der Waals surface area contributed by atoms with Crippen molar-refractivity contribution >= 4 is 11.9 Å². The average Bonchev–Trinajstić information content (AvgIpc) is 2.74. The number of ether oxygens (including phenoxy) is 2. The molecular formula is C21H25N3O5. The fourth-order valence-corrected chi connectivity index (χ4v) is 3.48. The zero-order valence-electron chi connectivity index (χ0n) is 16.9. The Morgan fingerprint density at radius 1 is 1.28 bits per heavy atom. The van der Waals surface area contributed by atoms with Crippen molar-refractivity contribution in [2.45, 2.75) is 26.7 Å². The summed E-state index contributed by atoms with van der Waals surface area (Å²) in [7, 11) is 1.39. The van der Waals surface area contributed by atoms with Gasteiger partial charge in [-0.3, -0.25) is 14.4 Å². The number of hydrogen-bond acceptors (Lipinski definition) is 6. The molecule has 0 bridgehead atoms. The van der Waals surface area contributed by atoms with E-state index in [0.29, 0.717) is 31.7 Å². The van der Waals surface area contributed by atoms with Gasteiger partial charge >= 0.3 is 5.97 Å². The second-order valence-corrected chi connectivity index (χ2v) is 6.94. The summed E-state index contributed by atoms with van der Waals surface area (Å²) in [4.78, 5) is 39.4. The average molecular weight is 399 g/mol. The molecule has 1 aliphatic heterocycles. The monoisotopic (exact) mass is 399 g/mol. The fraction of sp³-hybridized carbons (Fsp3) is 0.429. The topological polar surface area (TPSA) is 90.7 Å². The maximum Gasteiger partial charge on any atom is 0.310 e. The summed E-state index contributed by atoms with van der Waals surface area (Å²) >= 11 is 0. The molecule has 1 fully saturated rings. The van der Waals surface area contributed by atoms with Crippen molar-refractivity contribution in [2.24, 2.45) is 5.92 Å². The van der Waals surface area contributed by atoms with Gasteiger partial charge in [0.2, 0.25) is 0 Å². The molecule has 0 saturated carbocycles. The number of piperidine rings is 1. The van der Waals surface area contributed by atoms with Crippen LogP contribution in [0.15, 0.2) is 35.1 Å². The summed E-state index contributed by atoms with van der Waals surface area (Å²) in [5, 5.41) is 4.33. The minimum absolute atomic E-state index is 0.0415. The van der Waals surface area contributed by atoms with Crippen LogP contribution in [0.2, 0.25) is 0 Å². The molecule has 2 heterocycles. The van der Waals surface area contributed by atoms with Crippen LogP contribution in [-0.2, 0) is 9.53 Å². The molecule has 0 radical (unpaired) electrons. The van der Waals surface area contributed by atoms with Gasteiger partial charge in [-0.15, -0.1) is 0 Å². The fourth-order valence-electron chi connectivity index (χ4n) is 3.48. The minimum Gasteiger partial charge on any atom is -0.494 e. The Balaban J connectivity index is 1.96. The number of aryl methyl sites for hydroxylation is 1. The summed E-state index contributed by atoms with van der Waals surface area (Å²) in [5.74, 6) is -0.919. The zero-order valence-corrected chi connectivity index (χ0v) is 16.9. The van der Waals surface area contributed by atoms with E-state index in [2.05, 4.69) is 5.10 Å². The Kier molecular flexibility index (Phi) is 6.31. The number of aromatic nitrogens is 2. The van der Waals surface area contributed by atoms with E-state index in [1.54, 1.807) is 24.0 Å². The van der Waals surface area contributed by atoms with Gasteiger partial charge in [-0.05, 0) is 38.3 Å². The molecule has 0 unspecified atom stereocenters. The van der Waals surface area contributed by atoms with Crippen molar-refractivity contribution in [2.75, 3.05) is 26.8 Å². The third-order valence-corrected chi connectivity index (χ3v) is 4.99. The summed E-state index contributed by atoms with van der Waals surface area (Å²) in [6.45, 7) is 4.69. The van der Waals surface area contributed by atoms with Gasteiger partial charge in [-0.2, -0.15) is 9.78 Å². The molecule has 8 nitrogen and oxygen atoms in total. The van der Waals surface area contributed by atoms with E-state index in [-0.39, 0.29) is 35.8 Å². The Bertz CT molecular complexity index is 969.